The average molecular weight is 547 g/mol. The number of hydrogen-bond donors (Lipinski definition) is 1. The van der Waals surface area contributed by atoms with Crippen LogP contribution in [0, 0.1) is 13.8 Å². The summed E-state index contributed by atoms with van der Waals surface area (Å²) in [5.41, 5.74) is 3.11. The van der Waals surface area contributed by atoms with Crippen molar-refractivity contribution in [2.45, 2.75) is 33.6 Å². The monoisotopic (exact) mass is 546 g/mol. The number of anilines is 2. The van der Waals surface area contributed by atoms with Crippen molar-refractivity contribution in [1.82, 2.24) is 0 Å². The van der Waals surface area contributed by atoms with Crippen molar-refractivity contribution in [3.8, 4) is 5.75 Å². The number of nitrogens with one attached hydrogen (secondary N) is 1. The molecule has 0 spiro atoms. The Balaban J connectivity index is 1.43. The number of hydrogen-bond acceptors (Lipinski definition) is 7. The summed E-state index contributed by atoms with van der Waals surface area (Å²) in [4.78, 5) is 51.6. The van der Waals surface area contributed by atoms with Crippen LogP contribution >= 0.6 is 11.6 Å². The second-order valence-electron chi connectivity index (χ2n) is 8.96. The first-order valence-corrected chi connectivity index (χ1v) is 12.8. The first-order valence-electron chi connectivity index (χ1n) is 12.4. The van der Waals surface area contributed by atoms with E-state index in [0.29, 0.717) is 29.2 Å². The van der Waals surface area contributed by atoms with Crippen molar-refractivity contribution in [1.29, 1.82) is 0 Å². The van der Waals surface area contributed by atoms with Gasteiger partial charge in [0.1, 0.15) is 16.5 Å². The Morgan fingerprint density at radius 3 is 2.18 bits per heavy atom. The lowest BCUT2D eigenvalue weighted by atomic mass is 10.1. The summed E-state index contributed by atoms with van der Waals surface area (Å²) in [7, 11) is 0. The van der Waals surface area contributed by atoms with Crippen molar-refractivity contribution in [3.05, 3.63) is 99.7 Å². The minimum atomic E-state index is -0.698. The Morgan fingerprint density at radius 2 is 1.51 bits per heavy atom. The quantitative estimate of drug-likeness (QED) is 0.154. The van der Waals surface area contributed by atoms with Crippen molar-refractivity contribution in [2.24, 2.45) is 0 Å². The average Bonchev–Trinajstić information content (AvgIpc) is 3.14. The Kier molecular flexibility index (Phi) is 8.46. The largest absolute Gasteiger partial charge is 0.462 e. The number of carbonyl (C=O) groups is 4. The molecule has 0 fully saturated rings. The van der Waals surface area contributed by atoms with Gasteiger partial charge in [0.15, 0.2) is 0 Å². The van der Waals surface area contributed by atoms with Gasteiger partial charge >= 0.3 is 11.9 Å². The third-order valence-electron chi connectivity index (χ3n) is 6.27. The molecule has 1 aliphatic rings. The SMILES string of the molecule is CCCCOC(=O)c1ccc(N2C(=O)C(Cl)=C(Nc3ccc(C(=O)Oc4cccc(C)c4C)cc3)C2=O)cc1. The van der Waals surface area contributed by atoms with Crippen LogP contribution in [0.5, 0.6) is 5.75 Å². The second-order valence-corrected chi connectivity index (χ2v) is 9.34. The molecule has 0 saturated heterocycles. The highest BCUT2D eigenvalue weighted by Gasteiger charge is 2.39. The first-order chi connectivity index (χ1) is 18.7. The number of carbonyl (C=O) groups excluding carboxylic acids is 4. The number of esters is 2. The van der Waals surface area contributed by atoms with Crippen molar-refractivity contribution in [3.63, 3.8) is 0 Å². The highest BCUT2D eigenvalue weighted by molar-refractivity contribution is 6.53. The Bertz CT molecular complexity index is 1460. The third kappa shape index (κ3) is 6.02. The summed E-state index contributed by atoms with van der Waals surface area (Å²) >= 11 is 6.23. The van der Waals surface area contributed by atoms with Gasteiger partial charge in [-0.25, -0.2) is 14.5 Å². The zero-order valence-corrected chi connectivity index (χ0v) is 22.5. The van der Waals surface area contributed by atoms with Gasteiger partial charge in [0, 0.05) is 5.69 Å². The van der Waals surface area contributed by atoms with E-state index in [9.17, 15) is 19.2 Å². The Morgan fingerprint density at radius 1 is 0.872 bits per heavy atom. The minimum Gasteiger partial charge on any atom is -0.462 e. The van der Waals surface area contributed by atoms with Gasteiger partial charge in [0.2, 0.25) is 0 Å². The molecular weight excluding hydrogens is 520 g/mol. The second kappa shape index (κ2) is 12.0. The summed E-state index contributed by atoms with van der Waals surface area (Å²) < 4.78 is 10.7. The Hall–Kier alpha value is -4.43. The molecule has 0 bridgehead atoms. The highest BCUT2D eigenvalue weighted by Crippen LogP contribution is 2.30. The zero-order valence-electron chi connectivity index (χ0n) is 21.7. The van der Waals surface area contributed by atoms with Crippen LogP contribution in [0.1, 0.15) is 51.6 Å². The molecule has 0 unspecified atom stereocenters. The van der Waals surface area contributed by atoms with Crippen molar-refractivity contribution >= 4 is 46.7 Å². The molecule has 0 saturated carbocycles. The molecular formula is C30H27ClN2O6. The molecule has 0 radical (unpaired) electrons. The number of amides is 2. The lowest BCUT2D eigenvalue weighted by Crippen LogP contribution is -2.32. The molecule has 1 aliphatic heterocycles. The van der Waals surface area contributed by atoms with E-state index in [1.165, 1.54) is 24.3 Å². The maximum Gasteiger partial charge on any atom is 0.343 e. The van der Waals surface area contributed by atoms with Gasteiger partial charge < -0.3 is 14.8 Å². The molecule has 1 N–H and O–H groups in total. The van der Waals surface area contributed by atoms with E-state index < -0.39 is 23.8 Å². The normalized spacial score (nSPS) is 13.1. The standard InChI is InChI=1S/C30H27ClN2O6/c1-4-5-17-38-29(36)20-11-15-23(16-12-20)33-27(34)25(31)26(28(33)35)32-22-13-9-21(10-14-22)30(37)39-24-8-6-7-18(2)19(24)3/h6-16,32H,4-5,17H2,1-3H3. The number of halogens is 1. The smallest absolute Gasteiger partial charge is 0.343 e. The van der Waals surface area contributed by atoms with Gasteiger partial charge in [-0.3, -0.25) is 9.59 Å². The molecule has 4 rings (SSSR count). The fourth-order valence-electron chi connectivity index (χ4n) is 3.81. The van der Waals surface area contributed by atoms with E-state index in [1.54, 1.807) is 30.3 Å². The predicted octanol–water partition coefficient (Wildman–Crippen LogP) is 5.92. The van der Waals surface area contributed by atoms with Crippen LogP contribution in [0.3, 0.4) is 0 Å². The molecule has 39 heavy (non-hydrogen) atoms. The summed E-state index contributed by atoms with van der Waals surface area (Å²) in [6, 6.07) is 17.7. The van der Waals surface area contributed by atoms with Crippen LogP contribution in [0.25, 0.3) is 0 Å². The number of rotatable bonds is 9. The molecule has 0 aromatic heterocycles. The number of nitrogens with zero attached hydrogens (tertiary/aromatic N) is 1. The van der Waals surface area contributed by atoms with Crippen LogP contribution in [-0.2, 0) is 14.3 Å². The predicted molar refractivity (Wildman–Crippen MR) is 148 cm³/mol. The van der Waals surface area contributed by atoms with Gasteiger partial charge in [-0.1, -0.05) is 37.1 Å². The number of ether oxygens (including phenoxy) is 2. The summed E-state index contributed by atoms with van der Waals surface area (Å²) in [6.45, 7) is 6.13. The molecule has 0 atom stereocenters. The number of aryl methyl sites for hydroxylation is 1. The van der Waals surface area contributed by atoms with Crippen molar-refractivity contribution < 1.29 is 28.7 Å². The molecule has 9 heteroatoms. The maximum absolute atomic E-state index is 13.1. The lowest BCUT2D eigenvalue weighted by molar-refractivity contribution is -0.120. The molecule has 2 amide bonds. The molecule has 0 aliphatic carbocycles. The van der Waals surface area contributed by atoms with Crippen LogP contribution < -0.4 is 15.0 Å². The minimum absolute atomic E-state index is 0.101. The molecule has 3 aromatic carbocycles. The van der Waals surface area contributed by atoms with Crippen LogP contribution in [0.15, 0.2) is 77.5 Å². The lowest BCUT2D eigenvalue weighted by Gasteiger charge is -2.15. The van der Waals surface area contributed by atoms with Gasteiger partial charge in [0.05, 0.1) is 23.4 Å². The number of benzene rings is 3. The van der Waals surface area contributed by atoms with Gasteiger partial charge in [0.25, 0.3) is 11.8 Å². The van der Waals surface area contributed by atoms with Gasteiger partial charge in [-0.15, -0.1) is 0 Å². The van der Waals surface area contributed by atoms with Gasteiger partial charge in [-0.05, 0) is 86.0 Å². The maximum atomic E-state index is 13.1. The van der Waals surface area contributed by atoms with E-state index in [0.717, 1.165) is 28.9 Å². The molecule has 200 valence electrons. The number of unbranched alkanes of at least 4 members (excludes halogenated alkanes) is 1. The van der Waals surface area contributed by atoms with E-state index in [-0.39, 0.29) is 16.4 Å². The van der Waals surface area contributed by atoms with E-state index in [1.807, 2.05) is 32.9 Å². The first kappa shape index (κ1) is 27.6. The molecule has 3 aromatic rings. The topological polar surface area (TPSA) is 102 Å². The fraction of sp³-hybridized carbons (Fsp3) is 0.200. The molecule has 8 nitrogen and oxygen atoms in total. The zero-order chi connectivity index (χ0) is 28.1. The van der Waals surface area contributed by atoms with Crippen LogP contribution in [0.4, 0.5) is 11.4 Å². The summed E-state index contributed by atoms with van der Waals surface area (Å²) in [5.74, 6) is -1.87. The van der Waals surface area contributed by atoms with Crippen LogP contribution in [0.2, 0.25) is 0 Å². The summed E-state index contributed by atoms with van der Waals surface area (Å²) in [5, 5.41) is 2.59. The molecule has 1 heterocycles. The van der Waals surface area contributed by atoms with E-state index >= 15 is 0 Å². The van der Waals surface area contributed by atoms with Gasteiger partial charge in [-0.2, -0.15) is 0 Å². The van der Waals surface area contributed by atoms with Crippen molar-refractivity contribution in [2.75, 3.05) is 16.8 Å². The third-order valence-corrected chi connectivity index (χ3v) is 6.62. The number of imide groups is 1. The summed E-state index contributed by atoms with van der Waals surface area (Å²) in [6.07, 6.45) is 1.67. The highest BCUT2D eigenvalue weighted by atomic mass is 35.5. The Labute approximate surface area is 231 Å². The fourth-order valence-corrected chi connectivity index (χ4v) is 4.03. The van der Waals surface area contributed by atoms with E-state index in [4.69, 9.17) is 21.1 Å². The van der Waals surface area contributed by atoms with E-state index in [2.05, 4.69) is 5.32 Å². The van der Waals surface area contributed by atoms with Crippen LogP contribution in [-0.4, -0.2) is 30.4 Å².